The Morgan fingerprint density at radius 2 is 2.03 bits per heavy atom. The number of rotatable bonds is 5. The Morgan fingerprint density at radius 1 is 1.17 bits per heavy atom. The second kappa shape index (κ2) is 7.85. The van der Waals surface area contributed by atoms with Gasteiger partial charge in [-0.3, -0.25) is 14.7 Å². The van der Waals surface area contributed by atoms with Crippen molar-refractivity contribution in [2.24, 2.45) is 0 Å². The first-order valence-electron chi connectivity index (χ1n) is 10.1. The average Bonchev–Trinajstić information content (AvgIpc) is 3.41. The van der Waals surface area contributed by atoms with Crippen molar-refractivity contribution in [2.75, 3.05) is 13.7 Å². The standard InChI is InChI=1S/C23H23N5O2/c1-30-22-3-2-10-28(22)14-15-4-5-19-17(11-15)12-21(25-19)18-13-20(26-27-23(18)29)16-6-8-24-9-7-16/h4-9,11-13,22,25H,2-3,10,14H2,1H3,(H,27,29). The maximum atomic E-state index is 12.5. The topological polar surface area (TPSA) is 86.9 Å². The van der Waals surface area contributed by atoms with Crippen LogP contribution in [0.25, 0.3) is 33.4 Å². The molecule has 4 heterocycles. The van der Waals surface area contributed by atoms with E-state index >= 15 is 0 Å². The number of benzene rings is 1. The van der Waals surface area contributed by atoms with Crippen molar-refractivity contribution in [3.63, 3.8) is 0 Å². The largest absolute Gasteiger partial charge is 0.366 e. The van der Waals surface area contributed by atoms with Gasteiger partial charge in [-0.25, -0.2) is 5.10 Å². The van der Waals surface area contributed by atoms with Gasteiger partial charge in [-0.15, -0.1) is 0 Å². The van der Waals surface area contributed by atoms with Gasteiger partial charge in [0, 0.05) is 49.1 Å². The Hall–Kier alpha value is -3.29. The zero-order valence-corrected chi connectivity index (χ0v) is 16.8. The molecule has 0 amide bonds. The Kier molecular flexibility index (Phi) is 4.90. The number of hydrogen-bond acceptors (Lipinski definition) is 5. The number of methoxy groups -OCH3 is 1. The van der Waals surface area contributed by atoms with Crippen molar-refractivity contribution in [3.8, 4) is 22.5 Å². The van der Waals surface area contributed by atoms with Crippen LogP contribution in [0.2, 0.25) is 0 Å². The van der Waals surface area contributed by atoms with Gasteiger partial charge in [0.2, 0.25) is 0 Å². The van der Waals surface area contributed by atoms with E-state index in [-0.39, 0.29) is 11.8 Å². The number of nitrogens with zero attached hydrogens (tertiary/aromatic N) is 3. The lowest BCUT2D eigenvalue weighted by molar-refractivity contribution is -0.00813. The molecule has 1 aliphatic rings. The van der Waals surface area contributed by atoms with Gasteiger partial charge in [0.1, 0.15) is 6.23 Å². The molecular weight excluding hydrogens is 378 g/mol. The molecule has 0 saturated carbocycles. The van der Waals surface area contributed by atoms with Crippen LogP contribution in [0.3, 0.4) is 0 Å². The molecule has 1 atom stereocenters. The number of aromatic nitrogens is 4. The molecule has 152 valence electrons. The molecule has 4 aromatic rings. The lowest BCUT2D eigenvalue weighted by Crippen LogP contribution is -2.30. The first-order valence-corrected chi connectivity index (χ1v) is 10.1. The predicted molar refractivity (Wildman–Crippen MR) is 116 cm³/mol. The molecule has 0 bridgehead atoms. The fourth-order valence-corrected chi connectivity index (χ4v) is 4.18. The summed E-state index contributed by atoms with van der Waals surface area (Å²) in [5.74, 6) is 0. The third kappa shape index (κ3) is 3.53. The highest BCUT2D eigenvalue weighted by atomic mass is 16.5. The quantitative estimate of drug-likeness (QED) is 0.534. The lowest BCUT2D eigenvalue weighted by Gasteiger charge is -2.22. The molecule has 1 unspecified atom stereocenters. The van der Waals surface area contributed by atoms with Gasteiger partial charge in [-0.1, -0.05) is 6.07 Å². The highest BCUT2D eigenvalue weighted by Gasteiger charge is 2.24. The van der Waals surface area contributed by atoms with Crippen LogP contribution in [0.1, 0.15) is 18.4 Å². The van der Waals surface area contributed by atoms with Crippen LogP contribution in [0.5, 0.6) is 0 Å². The Bertz CT molecular complexity index is 1230. The van der Waals surface area contributed by atoms with E-state index in [1.807, 2.05) is 24.3 Å². The van der Waals surface area contributed by atoms with Crippen molar-refractivity contribution in [2.45, 2.75) is 25.6 Å². The number of likely N-dealkylation sites (tertiary alicyclic amines) is 1. The van der Waals surface area contributed by atoms with Gasteiger partial charge >= 0.3 is 0 Å². The molecule has 1 aliphatic heterocycles. The van der Waals surface area contributed by atoms with E-state index in [1.54, 1.807) is 19.5 Å². The van der Waals surface area contributed by atoms with Gasteiger partial charge in [-0.05, 0) is 54.8 Å². The molecule has 7 nitrogen and oxygen atoms in total. The Morgan fingerprint density at radius 3 is 2.87 bits per heavy atom. The van der Waals surface area contributed by atoms with Crippen LogP contribution in [-0.2, 0) is 11.3 Å². The number of H-pyrrole nitrogens is 2. The van der Waals surface area contributed by atoms with Crippen LogP contribution in [0, 0.1) is 0 Å². The minimum atomic E-state index is -0.223. The smallest absolute Gasteiger partial charge is 0.273 e. The van der Waals surface area contributed by atoms with E-state index in [4.69, 9.17) is 4.74 Å². The minimum absolute atomic E-state index is 0.199. The first-order chi connectivity index (χ1) is 14.7. The molecule has 0 radical (unpaired) electrons. The summed E-state index contributed by atoms with van der Waals surface area (Å²) in [6.07, 6.45) is 5.86. The summed E-state index contributed by atoms with van der Waals surface area (Å²) in [5, 5.41) is 7.87. The van der Waals surface area contributed by atoms with Crippen LogP contribution < -0.4 is 5.56 Å². The van der Waals surface area contributed by atoms with E-state index in [9.17, 15) is 4.79 Å². The molecular formula is C23H23N5O2. The number of aromatic amines is 2. The molecule has 1 aromatic carbocycles. The fourth-order valence-electron chi connectivity index (χ4n) is 4.18. The summed E-state index contributed by atoms with van der Waals surface area (Å²) in [5.41, 5.74) is 4.95. The van der Waals surface area contributed by atoms with Crippen LogP contribution in [0.4, 0.5) is 0 Å². The van der Waals surface area contributed by atoms with Crippen LogP contribution >= 0.6 is 0 Å². The van der Waals surface area contributed by atoms with Gasteiger partial charge in [0.05, 0.1) is 17.0 Å². The van der Waals surface area contributed by atoms with Gasteiger partial charge in [-0.2, -0.15) is 5.10 Å². The predicted octanol–water partition coefficient (Wildman–Crippen LogP) is 3.55. The van der Waals surface area contributed by atoms with Crippen molar-refractivity contribution in [1.82, 2.24) is 25.1 Å². The first kappa shape index (κ1) is 18.7. The molecule has 1 saturated heterocycles. The Labute approximate surface area is 173 Å². The van der Waals surface area contributed by atoms with E-state index < -0.39 is 0 Å². The molecule has 3 aromatic heterocycles. The molecule has 30 heavy (non-hydrogen) atoms. The van der Waals surface area contributed by atoms with Gasteiger partial charge in [0.15, 0.2) is 0 Å². The average molecular weight is 401 g/mol. The number of hydrogen-bond donors (Lipinski definition) is 2. The highest BCUT2D eigenvalue weighted by molar-refractivity contribution is 5.86. The van der Waals surface area contributed by atoms with Crippen molar-refractivity contribution in [3.05, 3.63) is 70.8 Å². The second-order valence-electron chi connectivity index (χ2n) is 7.64. The maximum absolute atomic E-state index is 12.5. The lowest BCUT2D eigenvalue weighted by atomic mass is 10.1. The fraction of sp³-hybridized carbons (Fsp3) is 0.261. The monoisotopic (exact) mass is 401 g/mol. The minimum Gasteiger partial charge on any atom is -0.366 e. The molecule has 2 N–H and O–H groups in total. The van der Waals surface area contributed by atoms with E-state index in [0.29, 0.717) is 11.3 Å². The Balaban J connectivity index is 1.48. The molecule has 0 aliphatic carbocycles. The SMILES string of the molecule is COC1CCCN1Cc1ccc2[nH]c(-c3cc(-c4ccncc4)n[nH]c3=O)cc2c1. The van der Waals surface area contributed by atoms with E-state index in [1.165, 1.54) is 12.0 Å². The summed E-state index contributed by atoms with van der Waals surface area (Å²) in [7, 11) is 1.77. The summed E-state index contributed by atoms with van der Waals surface area (Å²) in [4.78, 5) is 22.2. The zero-order chi connectivity index (χ0) is 20.5. The van der Waals surface area contributed by atoms with Crippen molar-refractivity contribution in [1.29, 1.82) is 0 Å². The maximum Gasteiger partial charge on any atom is 0.273 e. The second-order valence-corrected chi connectivity index (χ2v) is 7.64. The third-order valence-corrected chi connectivity index (χ3v) is 5.72. The number of fused-ring (bicyclic) bond motifs is 1. The zero-order valence-electron chi connectivity index (χ0n) is 16.8. The van der Waals surface area contributed by atoms with Crippen LogP contribution in [0.15, 0.2) is 59.7 Å². The molecule has 5 rings (SSSR count). The summed E-state index contributed by atoms with van der Waals surface area (Å²) < 4.78 is 5.58. The number of nitrogens with one attached hydrogen (secondary N) is 2. The van der Waals surface area contributed by atoms with E-state index in [0.717, 1.165) is 41.7 Å². The van der Waals surface area contributed by atoms with Crippen molar-refractivity contribution >= 4 is 10.9 Å². The molecule has 0 spiro atoms. The third-order valence-electron chi connectivity index (χ3n) is 5.72. The normalized spacial score (nSPS) is 17.0. The summed E-state index contributed by atoms with van der Waals surface area (Å²) in [6.45, 7) is 1.91. The highest BCUT2D eigenvalue weighted by Crippen LogP contribution is 2.27. The van der Waals surface area contributed by atoms with Crippen molar-refractivity contribution < 1.29 is 4.74 Å². The summed E-state index contributed by atoms with van der Waals surface area (Å²) in [6, 6.07) is 14.0. The summed E-state index contributed by atoms with van der Waals surface area (Å²) >= 11 is 0. The van der Waals surface area contributed by atoms with Crippen LogP contribution in [-0.4, -0.2) is 44.9 Å². The number of ether oxygens (including phenoxy) is 1. The molecule has 7 heteroatoms. The van der Waals surface area contributed by atoms with Gasteiger partial charge in [0.25, 0.3) is 5.56 Å². The number of pyridine rings is 1. The van der Waals surface area contributed by atoms with E-state index in [2.05, 4.69) is 43.3 Å². The van der Waals surface area contributed by atoms with Gasteiger partial charge < -0.3 is 9.72 Å². The molecule has 1 fully saturated rings.